The Labute approximate surface area is 60.8 Å². The summed E-state index contributed by atoms with van der Waals surface area (Å²) in [6, 6.07) is 0. The number of carbonyl (C=O) groups excluding carboxylic acids is 1. The summed E-state index contributed by atoms with van der Waals surface area (Å²) < 4.78 is 0. The summed E-state index contributed by atoms with van der Waals surface area (Å²) in [6.07, 6.45) is 0. The van der Waals surface area contributed by atoms with Gasteiger partial charge in [-0.25, -0.2) is 0 Å². The van der Waals surface area contributed by atoms with Crippen LogP contribution in [0.3, 0.4) is 0 Å². The molecule has 0 aromatic heterocycles. The SMILES string of the molecule is O=CO[O-].[H-].[Li+].[Li+]. The van der Waals surface area contributed by atoms with Crippen molar-refractivity contribution in [2.24, 2.45) is 0 Å². The van der Waals surface area contributed by atoms with E-state index in [2.05, 4.69) is 4.89 Å². The molecule has 0 amide bonds. The quantitative estimate of drug-likeness (QED) is 0.135. The molecule has 0 aliphatic rings. The zero-order valence-electron chi connectivity index (χ0n) is 4.80. The van der Waals surface area contributed by atoms with Gasteiger partial charge >= 0.3 is 37.7 Å². The zero-order valence-corrected chi connectivity index (χ0v) is 3.80. The summed E-state index contributed by atoms with van der Waals surface area (Å²) in [4.78, 5) is 11.2. The summed E-state index contributed by atoms with van der Waals surface area (Å²) in [5, 5.41) is 8.43. The third-order valence-corrected chi connectivity index (χ3v) is 0.0393. The molecule has 0 N–H and O–H groups in total. The van der Waals surface area contributed by atoms with E-state index in [0.717, 1.165) is 0 Å². The van der Waals surface area contributed by atoms with Gasteiger partial charge in [-0.15, -0.1) is 0 Å². The number of hydrogen-bond acceptors (Lipinski definition) is 3. The zero-order chi connectivity index (χ0) is 3.41. The summed E-state index contributed by atoms with van der Waals surface area (Å²) in [5.74, 6) is 0. The number of rotatable bonds is 1. The molecule has 6 heavy (non-hydrogen) atoms. The summed E-state index contributed by atoms with van der Waals surface area (Å²) in [6.45, 7) is -0.181. The maximum absolute atomic E-state index is 8.64. The molecule has 0 atom stereocenters. The molecule has 0 rings (SSSR count). The van der Waals surface area contributed by atoms with Crippen molar-refractivity contribution in [2.75, 3.05) is 0 Å². The minimum atomic E-state index is -0.181. The van der Waals surface area contributed by atoms with Gasteiger partial charge in [-0.2, -0.15) is 0 Å². The average molecular weight is 75.9 g/mol. The van der Waals surface area contributed by atoms with E-state index in [1.807, 2.05) is 0 Å². The van der Waals surface area contributed by atoms with Crippen LogP contribution in [0.1, 0.15) is 1.43 Å². The monoisotopic (exact) mass is 76.0 g/mol. The molecule has 0 saturated heterocycles. The minimum Gasteiger partial charge on any atom is -1.00 e. The molecule has 0 aromatic rings. The van der Waals surface area contributed by atoms with Crippen molar-refractivity contribution in [3.05, 3.63) is 0 Å². The second-order valence-corrected chi connectivity index (χ2v) is 0.192. The Morgan fingerprint density at radius 3 is 1.83 bits per heavy atom. The van der Waals surface area contributed by atoms with Crippen LogP contribution in [0.4, 0.5) is 0 Å². The van der Waals surface area contributed by atoms with E-state index >= 15 is 0 Å². The van der Waals surface area contributed by atoms with Crippen LogP contribution >= 0.6 is 0 Å². The fourth-order valence-electron chi connectivity index (χ4n) is 0. The van der Waals surface area contributed by atoms with E-state index in [1.165, 1.54) is 0 Å². The average Bonchev–Trinajstić information content (AvgIpc) is 1.37. The fraction of sp³-hybridized carbons (Fsp3) is 0. The van der Waals surface area contributed by atoms with Crippen LogP contribution < -0.4 is 43.0 Å². The first-order chi connectivity index (χ1) is 1.91. The normalized spacial score (nSPS) is 3.50. The van der Waals surface area contributed by atoms with E-state index < -0.39 is 0 Å². The van der Waals surface area contributed by atoms with Gasteiger partial charge in [-0.3, -0.25) is 4.79 Å². The van der Waals surface area contributed by atoms with E-state index in [4.69, 9.17) is 10.1 Å². The maximum atomic E-state index is 8.64. The molecular weight excluding hydrogens is 73.9 g/mol. The number of carbonyl (C=O) groups is 1. The Balaban J connectivity index is -0.0000000150. The first kappa shape index (κ1) is 16.0. The molecule has 0 saturated carbocycles. The molecule has 5 heteroatoms. The summed E-state index contributed by atoms with van der Waals surface area (Å²) in [7, 11) is 0. The molecule has 0 spiro atoms. The summed E-state index contributed by atoms with van der Waals surface area (Å²) in [5.41, 5.74) is 0. The van der Waals surface area contributed by atoms with E-state index in [9.17, 15) is 0 Å². The van der Waals surface area contributed by atoms with Gasteiger partial charge in [0.15, 0.2) is 0 Å². The second-order valence-electron chi connectivity index (χ2n) is 0.192. The molecule has 0 bridgehead atoms. The third-order valence-electron chi connectivity index (χ3n) is 0.0393. The molecule has 0 unspecified atom stereocenters. The van der Waals surface area contributed by atoms with Crippen molar-refractivity contribution in [3.63, 3.8) is 0 Å². The molecule has 0 heterocycles. The van der Waals surface area contributed by atoms with Gasteiger partial charge in [-0.05, 0) is 0 Å². The van der Waals surface area contributed by atoms with E-state index in [1.54, 1.807) is 0 Å². The van der Waals surface area contributed by atoms with Gasteiger partial charge in [0.2, 0.25) is 0 Å². The van der Waals surface area contributed by atoms with Crippen LogP contribution in [0, 0.1) is 0 Å². The minimum absolute atomic E-state index is 0. The standard InChI is InChI=1S/CH2O3.2Li.H/c2-1-4-3;;;/h1,3H;;;/q;2*+1;-1/p-1. The molecular formula is CH2Li2O3. The van der Waals surface area contributed by atoms with E-state index in [0.29, 0.717) is 0 Å². The van der Waals surface area contributed by atoms with Crippen LogP contribution in [-0.2, 0) is 9.68 Å². The van der Waals surface area contributed by atoms with Crippen LogP contribution in [-0.4, -0.2) is 6.47 Å². The van der Waals surface area contributed by atoms with Gasteiger partial charge < -0.3 is 11.6 Å². The molecule has 0 radical (unpaired) electrons. The van der Waals surface area contributed by atoms with Crippen molar-refractivity contribution < 1.29 is 54.1 Å². The molecule has 26 valence electrons. The largest absolute Gasteiger partial charge is 1.00 e. The summed E-state index contributed by atoms with van der Waals surface area (Å²) >= 11 is 0. The first-order valence-corrected chi connectivity index (χ1v) is 0.638. The van der Waals surface area contributed by atoms with Gasteiger partial charge in [0.25, 0.3) is 6.47 Å². The van der Waals surface area contributed by atoms with Gasteiger partial charge in [0.1, 0.15) is 0 Å². The molecule has 3 nitrogen and oxygen atoms in total. The Morgan fingerprint density at radius 1 is 1.67 bits per heavy atom. The Morgan fingerprint density at radius 2 is 1.83 bits per heavy atom. The predicted octanol–water partition coefficient (Wildman–Crippen LogP) is -7.44. The smallest absolute Gasteiger partial charge is 1.00 e. The van der Waals surface area contributed by atoms with Crippen LogP contribution in [0.2, 0.25) is 0 Å². The van der Waals surface area contributed by atoms with Crippen LogP contribution in [0.15, 0.2) is 0 Å². The molecule has 0 aromatic carbocycles. The second kappa shape index (κ2) is 17.5. The van der Waals surface area contributed by atoms with Gasteiger partial charge in [-0.1, -0.05) is 0 Å². The van der Waals surface area contributed by atoms with Crippen LogP contribution in [0.5, 0.6) is 0 Å². The van der Waals surface area contributed by atoms with Crippen molar-refractivity contribution in [2.45, 2.75) is 0 Å². The van der Waals surface area contributed by atoms with Crippen LogP contribution in [0.25, 0.3) is 0 Å². The van der Waals surface area contributed by atoms with Gasteiger partial charge in [0.05, 0.1) is 0 Å². The first-order valence-electron chi connectivity index (χ1n) is 0.638. The van der Waals surface area contributed by atoms with Crippen molar-refractivity contribution >= 4 is 6.47 Å². The van der Waals surface area contributed by atoms with Crippen molar-refractivity contribution in [1.82, 2.24) is 0 Å². The Bertz CT molecular complexity index is 26.9. The molecule has 0 aliphatic carbocycles. The van der Waals surface area contributed by atoms with Gasteiger partial charge in [0, 0.05) is 0 Å². The van der Waals surface area contributed by atoms with Crippen molar-refractivity contribution in [3.8, 4) is 0 Å². The van der Waals surface area contributed by atoms with Crippen molar-refractivity contribution in [1.29, 1.82) is 0 Å². The maximum Gasteiger partial charge on any atom is 1.00 e. The Kier molecular flexibility index (Phi) is 46.4. The topological polar surface area (TPSA) is 49.4 Å². The fourth-order valence-corrected chi connectivity index (χ4v) is 0. The Hall–Kier alpha value is 0.625. The predicted molar refractivity (Wildman–Crippen MR) is 8.26 cm³/mol. The number of hydrogen-bond donors (Lipinski definition) is 0. The molecule has 0 aliphatic heterocycles. The molecule has 0 fully saturated rings. The third kappa shape index (κ3) is 23.0. The van der Waals surface area contributed by atoms with E-state index in [-0.39, 0.29) is 45.6 Å².